The summed E-state index contributed by atoms with van der Waals surface area (Å²) in [5.74, 6) is 0. The van der Waals surface area contributed by atoms with Gasteiger partial charge in [-0.25, -0.2) is 0 Å². The third-order valence-electron chi connectivity index (χ3n) is 13.8. The molecule has 12 aromatic rings. The van der Waals surface area contributed by atoms with Crippen molar-refractivity contribution in [2.75, 3.05) is 15.1 Å². The molecule has 0 spiro atoms. The van der Waals surface area contributed by atoms with E-state index in [9.17, 15) is 0 Å². The first kappa shape index (κ1) is 42.2. The third kappa shape index (κ3) is 7.93. The van der Waals surface area contributed by atoms with Crippen LogP contribution < -0.4 is 26.0 Å². The van der Waals surface area contributed by atoms with Crippen molar-refractivity contribution in [2.45, 2.75) is 0 Å². The molecular formula is C66H46BN3S. The maximum absolute atomic E-state index is 4.07. The largest absolute Gasteiger partial charge is 0.355 e. The van der Waals surface area contributed by atoms with Gasteiger partial charge in [-0.05, 0) is 123 Å². The van der Waals surface area contributed by atoms with Gasteiger partial charge in [-0.15, -0.1) is 11.3 Å². The summed E-state index contributed by atoms with van der Waals surface area (Å²) in [5, 5.41) is 6.62. The Hall–Kier alpha value is -8.90. The predicted molar refractivity (Wildman–Crippen MR) is 307 cm³/mol. The quantitative estimate of drug-likeness (QED) is 0.138. The summed E-state index contributed by atoms with van der Waals surface area (Å²) in [6.07, 6.45) is 0. The van der Waals surface area contributed by atoms with E-state index in [0.29, 0.717) is 0 Å². The second-order valence-corrected chi connectivity index (χ2v) is 19.3. The molecule has 0 bridgehead atoms. The maximum atomic E-state index is 4.07. The van der Waals surface area contributed by atoms with Crippen molar-refractivity contribution in [1.82, 2.24) is 0 Å². The summed E-state index contributed by atoms with van der Waals surface area (Å²) in [5.41, 5.74) is 20.9. The Bertz CT molecular complexity index is 3840. The Morgan fingerprint density at radius 3 is 1.62 bits per heavy atom. The number of nitrogens with one attached hydrogen (secondary N) is 1. The zero-order chi connectivity index (χ0) is 47.1. The van der Waals surface area contributed by atoms with Crippen molar-refractivity contribution in [3.8, 4) is 44.5 Å². The minimum absolute atomic E-state index is 0.759. The van der Waals surface area contributed by atoms with Gasteiger partial charge < -0.3 is 15.1 Å². The summed E-state index contributed by atoms with van der Waals surface area (Å²) >= 11 is 1.88. The van der Waals surface area contributed by atoms with Crippen LogP contribution in [0, 0.1) is 0 Å². The Balaban J connectivity index is 1.08. The van der Waals surface area contributed by atoms with Gasteiger partial charge in [0.2, 0.25) is 0 Å². The van der Waals surface area contributed by atoms with Crippen molar-refractivity contribution in [1.29, 1.82) is 0 Å². The molecule has 1 aliphatic rings. The molecule has 2 heterocycles. The van der Waals surface area contributed by atoms with Gasteiger partial charge >= 0.3 is 0 Å². The van der Waals surface area contributed by atoms with Crippen LogP contribution in [0.25, 0.3) is 64.7 Å². The third-order valence-corrected chi connectivity index (χ3v) is 14.9. The number of thiophene rings is 1. The summed E-state index contributed by atoms with van der Waals surface area (Å²) in [6, 6.07) is 97.0. The van der Waals surface area contributed by atoms with Gasteiger partial charge in [0.25, 0.3) is 0 Å². The number of nitrogens with zero attached hydrogens (tertiary/aromatic N) is 2. The van der Waals surface area contributed by atoms with E-state index in [-0.39, 0.29) is 0 Å². The topological polar surface area (TPSA) is 18.5 Å². The summed E-state index contributed by atoms with van der Waals surface area (Å²) in [4.78, 5) is 4.89. The fourth-order valence-electron chi connectivity index (χ4n) is 10.5. The lowest BCUT2D eigenvalue weighted by Gasteiger charge is -2.36. The van der Waals surface area contributed by atoms with E-state index in [1.165, 1.54) is 75.9 Å². The van der Waals surface area contributed by atoms with Crippen molar-refractivity contribution in [3.05, 3.63) is 267 Å². The number of benzene rings is 11. The highest BCUT2D eigenvalue weighted by molar-refractivity contribution is 7.26. The molecule has 71 heavy (non-hydrogen) atoms. The molecule has 13 rings (SSSR count). The van der Waals surface area contributed by atoms with E-state index in [1.54, 1.807) is 0 Å². The fraction of sp³-hybridized carbons (Fsp3) is 0. The second kappa shape index (κ2) is 18.2. The first-order valence-electron chi connectivity index (χ1n) is 24.3. The number of rotatable bonds is 10. The van der Waals surface area contributed by atoms with E-state index in [1.807, 2.05) is 11.3 Å². The van der Waals surface area contributed by atoms with E-state index < -0.39 is 0 Å². The van der Waals surface area contributed by atoms with Crippen LogP contribution in [0.5, 0.6) is 0 Å². The van der Waals surface area contributed by atoms with Gasteiger partial charge in [-0.3, -0.25) is 0 Å². The van der Waals surface area contributed by atoms with Crippen molar-refractivity contribution in [2.24, 2.45) is 0 Å². The Morgan fingerprint density at radius 1 is 0.394 bits per heavy atom. The van der Waals surface area contributed by atoms with Gasteiger partial charge in [0.1, 0.15) is 0 Å². The summed E-state index contributed by atoms with van der Waals surface area (Å²) in [7, 11) is 0.759. The van der Waals surface area contributed by atoms with Crippen LogP contribution >= 0.6 is 11.3 Å². The Labute approximate surface area is 419 Å². The molecule has 0 atom stereocenters. The zero-order valence-corrected chi connectivity index (χ0v) is 39.7. The molecule has 3 nitrogen and oxygen atoms in total. The number of anilines is 8. The van der Waals surface area contributed by atoms with Crippen LogP contribution in [-0.4, -0.2) is 7.28 Å². The molecule has 334 valence electrons. The first-order valence-corrected chi connectivity index (χ1v) is 25.1. The molecular weight excluding hydrogens is 878 g/mol. The van der Waals surface area contributed by atoms with Crippen LogP contribution in [0.1, 0.15) is 0 Å². The number of hydrogen-bond donors (Lipinski definition) is 1. The zero-order valence-electron chi connectivity index (χ0n) is 38.9. The first-order chi connectivity index (χ1) is 35.2. The van der Waals surface area contributed by atoms with E-state index in [2.05, 4.69) is 282 Å². The average molecular weight is 924 g/mol. The van der Waals surface area contributed by atoms with Gasteiger partial charge in [-0.2, -0.15) is 0 Å². The number of para-hydroxylation sites is 2. The van der Waals surface area contributed by atoms with E-state index in [4.69, 9.17) is 0 Å². The molecule has 11 aromatic carbocycles. The predicted octanol–water partition coefficient (Wildman–Crippen LogP) is 17.1. The van der Waals surface area contributed by atoms with Crippen LogP contribution in [0.2, 0.25) is 0 Å². The van der Waals surface area contributed by atoms with E-state index in [0.717, 1.165) is 52.5 Å². The maximum Gasteiger partial charge on any atom is 0.198 e. The molecule has 0 saturated heterocycles. The normalized spacial score (nSPS) is 11.7. The lowest BCUT2D eigenvalue weighted by atomic mass is 9.57. The molecule has 1 aromatic heterocycles. The SMILES string of the molecule is B1c2ccc(-c3ccccc3)cc2N(c2cccc(-c3ccccc3)c2)c2cc3sc4ccccc4c3c(-c3ccc(N(c4ccccc4)c4ccccc4)cc3Nc3cccc(-c4ccccc4)c3)c21. The molecule has 1 N–H and O–H groups in total. The molecule has 0 aliphatic carbocycles. The second-order valence-electron chi connectivity index (χ2n) is 18.2. The van der Waals surface area contributed by atoms with E-state index >= 15 is 0 Å². The molecule has 0 fully saturated rings. The highest BCUT2D eigenvalue weighted by atomic mass is 32.1. The van der Waals surface area contributed by atoms with Gasteiger partial charge in [0.05, 0.1) is 0 Å². The van der Waals surface area contributed by atoms with Gasteiger partial charge in [-0.1, -0.05) is 194 Å². The average Bonchev–Trinajstić information content (AvgIpc) is 3.82. The van der Waals surface area contributed by atoms with Crippen LogP contribution in [0.15, 0.2) is 267 Å². The van der Waals surface area contributed by atoms with Crippen LogP contribution in [0.3, 0.4) is 0 Å². The summed E-state index contributed by atoms with van der Waals surface area (Å²) < 4.78 is 2.52. The van der Waals surface area contributed by atoms with Gasteiger partial charge in [0.15, 0.2) is 7.28 Å². The monoisotopic (exact) mass is 923 g/mol. The standard InChI is InChI=1S/C66H46BN3S/c1-6-20-45(21-7-1)48-26-18-28-51(40-48)68-59-43-55(69(52-29-12-4-13-30-52)53-31-14-5-15-32-53)37-38-56(59)65-64-57-34-16-17-35-62(57)71-63(64)44-61-66(65)67-58-39-36-50(47-24-10-3-11-25-47)42-60(58)70(61)54-33-19-27-49(41-54)46-22-8-2-9-23-46/h1-44,67-68H. The molecule has 0 radical (unpaired) electrons. The van der Waals surface area contributed by atoms with Crippen molar-refractivity contribution < 1.29 is 0 Å². The lowest BCUT2D eigenvalue weighted by Crippen LogP contribution is -2.41. The molecule has 0 saturated carbocycles. The van der Waals surface area contributed by atoms with Crippen molar-refractivity contribution >= 4 is 95.2 Å². The molecule has 1 aliphatic heterocycles. The molecule has 5 heteroatoms. The number of fused-ring (bicyclic) bond motifs is 5. The minimum Gasteiger partial charge on any atom is -0.355 e. The van der Waals surface area contributed by atoms with Crippen LogP contribution in [0.4, 0.5) is 45.5 Å². The number of hydrogen-bond acceptors (Lipinski definition) is 4. The smallest absolute Gasteiger partial charge is 0.198 e. The van der Waals surface area contributed by atoms with Gasteiger partial charge in [0, 0.05) is 71.2 Å². The molecule has 0 amide bonds. The molecule has 0 unspecified atom stereocenters. The highest BCUT2D eigenvalue weighted by Crippen LogP contribution is 2.49. The summed E-state index contributed by atoms with van der Waals surface area (Å²) in [6.45, 7) is 0. The van der Waals surface area contributed by atoms with Crippen molar-refractivity contribution in [3.63, 3.8) is 0 Å². The van der Waals surface area contributed by atoms with Crippen LogP contribution in [-0.2, 0) is 0 Å². The Morgan fingerprint density at radius 2 is 0.958 bits per heavy atom. The lowest BCUT2D eigenvalue weighted by molar-refractivity contribution is 1.28. The fourth-order valence-corrected chi connectivity index (χ4v) is 11.7. The Kier molecular flexibility index (Phi) is 10.8. The minimum atomic E-state index is 0.759. The highest BCUT2D eigenvalue weighted by Gasteiger charge is 2.32.